The van der Waals surface area contributed by atoms with Gasteiger partial charge in [-0.1, -0.05) is 42.5 Å². The fourth-order valence-electron chi connectivity index (χ4n) is 4.01. The number of nitrogens with one attached hydrogen (secondary N) is 1. The number of nitrogens with zero attached hydrogens (tertiary/aromatic N) is 3. The molecule has 0 radical (unpaired) electrons. The van der Waals surface area contributed by atoms with Crippen LogP contribution < -0.4 is 5.32 Å². The topological polar surface area (TPSA) is 59.4 Å². The predicted molar refractivity (Wildman–Crippen MR) is 118 cm³/mol. The van der Waals surface area contributed by atoms with Crippen molar-refractivity contribution in [1.82, 2.24) is 9.80 Å². The first-order chi connectivity index (χ1) is 14.2. The number of piperazine rings is 1. The van der Waals surface area contributed by atoms with E-state index < -0.39 is 0 Å². The molecule has 2 aliphatic rings. The Morgan fingerprint density at radius 2 is 1.90 bits per heavy atom. The lowest BCUT2D eigenvalue weighted by atomic mass is 10.1. The van der Waals surface area contributed by atoms with Crippen molar-refractivity contribution in [3.05, 3.63) is 58.0 Å². The molecule has 1 aliphatic heterocycles. The molecule has 5 nitrogen and oxygen atoms in total. The minimum absolute atomic E-state index is 0.0150. The summed E-state index contributed by atoms with van der Waals surface area (Å²) in [4.78, 5) is 18.4. The van der Waals surface area contributed by atoms with E-state index in [1.54, 1.807) is 11.3 Å². The Balaban J connectivity index is 1.22. The van der Waals surface area contributed by atoms with E-state index in [9.17, 15) is 10.1 Å². The highest BCUT2D eigenvalue weighted by Gasteiger charge is 2.24. The molecule has 1 amide bonds. The number of carbonyl (C=O) groups is 1. The highest BCUT2D eigenvalue weighted by Crippen LogP contribution is 2.38. The van der Waals surface area contributed by atoms with Crippen molar-refractivity contribution in [3.63, 3.8) is 0 Å². The second-order valence-electron chi connectivity index (χ2n) is 7.61. The van der Waals surface area contributed by atoms with Crippen molar-refractivity contribution in [2.24, 2.45) is 0 Å². The number of anilines is 1. The maximum atomic E-state index is 12.5. The summed E-state index contributed by atoms with van der Waals surface area (Å²) in [5.41, 5.74) is 3.06. The van der Waals surface area contributed by atoms with E-state index >= 15 is 0 Å². The third-order valence-electron chi connectivity index (χ3n) is 5.59. The molecule has 2 aromatic rings. The minimum atomic E-state index is -0.0150. The van der Waals surface area contributed by atoms with E-state index in [1.165, 1.54) is 10.4 Å². The quantitative estimate of drug-likeness (QED) is 0.799. The number of hydrogen-bond donors (Lipinski definition) is 1. The third kappa shape index (κ3) is 4.94. The van der Waals surface area contributed by atoms with Gasteiger partial charge in [-0.25, -0.2) is 0 Å². The molecule has 2 heterocycles. The number of aryl methyl sites for hydroxylation is 1. The smallest absolute Gasteiger partial charge is 0.239 e. The molecule has 0 spiro atoms. The highest BCUT2D eigenvalue weighted by atomic mass is 32.1. The summed E-state index contributed by atoms with van der Waals surface area (Å²) in [5, 5.41) is 13.2. The number of carbonyl (C=O) groups excluding carboxylic acids is 1. The summed E-state index contributed by atoms with van der Waals surface area (Å²) in [6, 6.07) is 12.6. The van der Waals surface area contributed by atoms with Gasteiger partial charge in [-0.15, -0.1) is 11.3 Å². The molecule has 150 valence electrons. The average Bonchev–Trinajstić information content (AvgIpc) is 3.31. The zero-order valence-electron chi connectivity index (χ0n) is 16.6. The molecule has 1 aromatic heterocycles. The van der Waals surface area contributed by atoms with Crippen LogP contribution in [-0.4, -0.2) is 55.0 Å². The summed E-state index contributed by atoms with van der Waals surface area (Å²) in [7, 11) is 0. The van der Waals surface area contributed by atoms with Gasteiger partial charge in [-0.3, -0.25) is 14.6 Å². The maximum absolute atomic E-state index is 12.5. The predicted octanol–water partition coefficient (Wildman–Crippen LogP) is 3.38. The van der Waals surface area contributed by atoms with Crippen molar-refractivity contribution in [2.75, 3.05) is 44.6 Å². The van der Waals surface area contributed by atoms with E-state index in [2.05, 4.69) is 45.5 Å². The Morgan fingerprint density at radius 1 is 1.14 bits per heavy atom. The fourth-order valence-corrected chi connectivity index (χ4v) is 5.27. The molecule has 1 aliphatic carbocycles. The highest BCUT2D eigenvalue weighted by molar-refractivity contribution is 7.16. The summed E-state index contributed by atoms with van der Waals surface area (Å²) in [6.45, 7) is 5.02. The number of fused-ring (bicyclic) bond motifs is 1. The number of benzene rings is 1. The van der Waals surface area contributed by atoms with Crippen LogP contribution in [0.3, 0.4) is 0 Å². The van der Waals surface area contributed by atoms with Gasteiger partial charge < -0.3 is 5.32 Å². The lowest BCUT2D eigenvalue weighted by Gasteiger charge is -2.33. The summed E-state index contributed by atoms with van der Waals surface area (Å²) in [6.07, 6.45) is 7.48. The van der Waals surface area contributed by atoms with Crippen molar-refractivity contribution in [3.8, 4) is 6.07 Å². The molecular formula is C23H26N4OS. The number of hydrogen-bond acceptors (Lipinski definition) is 5. The molecule has 0 atom stereocenters. The number of rotatable bonds is 6. The zero-order chi connectivity index (χ0) is 20.1. The summed E-state index contributed by atoms with van der Waals surface area (Å²) < 4.78 is 0. The first-order valence-corrected chi connectivity index (χ1v) is 11.1. The van der Waals surface area contributed by atoms with Gasteiger partial charge in [0.2, 0.25) is 5.91 Å². The van der Waals surface area contributed by atoms with Gasteiger partial charge in [-0.05, 0) is 30.4 Å². The normalized spacial score (nSPS) is 17.3. The molecule has 0 bridgehead atoms. The molecule has 29 heavy (non-hydrogen) atoms. The van der Waals surface area contributed by atoms with E-state index in [-0.39, 0.29) is 5.91 Å². The van der Waals surface area contributed by atoms with E-state index in [0.717, 1.165) is 62.6 Å². The van der Waals surface area contributed by atoms with Crippen LogP contribution in [0.1, 0.15) is 28.0 Å². The van der Waals surface area contributed by atoms with E-state index in [1.807, 2.05) is 18.2 Å². The summed E-state index contributed by atoms with van der Waals surface area (Å²) in [5.74, 6) is -0.0150. The second kappa shape index (κ2) is 9.36. The van der Waals surface area contributed by atoms with E-state index in [4.69, 9.17) is 0 Å². The largest absolute Gasteiger partial charge is 0.315 e. The van der Waals surface area contributed by atoms with Crippen molar-refractivity contribution < 1.29 is 4.79 Å². The zero-order valence-corrected chi connectivity index (χ0v) is 17.4. The minimum Gasteiger partial charge on any atom is -0.315 e. The standard InChI is InChI=1S/C23H26N4OS/c24-16-20-19-9-4-10-21(19)29-23(20)25-22(28)17-27-14-12-26(13-15-27)11-5-8-18-6-2-1-3-7-18/h1-3,5-8H,4,9-15,17H2,(H,25,28)/b8-5+. The fraction of sp³-hybridized carbons (Fsp3) is 0.391. The molecule has 0 unspecified atom stereocenters. The first-order valence-electron chi connectivity index (χ1n) is 10.2. The van der Waals surface area contributed by atoms with Crippen LogP contribution in [0.4, 0.5) is 5.00 Å². The average molecular weight is 407 g/mol. The van der Waals surface area contributed by atoms with Crippen LogP contribution in [0.25, 0.3) is 6.08 Å². The number of amides is 1. The van der Waals surface area contributed by atoms with Gasteiger partial charge >= 0.3 is 0 Å². The monoisotopic (exact) mass is 406 g/mol. The molecule has 1 fully saturated rings. The van der Waals surface area contributed by atoms with Gasteiger partial charge in [0.1, 0.15) is 11.1 Å². The Bertz CT molecular complexity index is 920. The Labute approximate surface area is 176 Å². The lowest BCUT2D eigenvalue weighted by molar-refractivity contribution is -0.117. The van der Waals surface area contributed by atoms with Crippen molar-refractivity contribution >= 4 is 28.3 Å². The molecule has 1 saturated heterocycles. The molecule has 4 rings (SSSR count). The van der Waals surface area contributed by atoms with Crippen LogP contribution in [0.5, 0.6) is 0 Å². The molecule has 1 aromatic carbocycles. The number of nitriles is 1. The van der Waals surface area contributed by atoms with Crippen LogP contribution in [0.15, 0.2) is 36.4 Å². The third-order valence-corrected chi connectivity index (χ3v) is 6.80. The van der Waals surface area contributed by atoms with Crippen LogP contribution >= 0.6 is 11.3 Å². The van der Waals surface area contributed by atoms with Crippen molar-refractivity contribution in [2.45, 2.75) is 19.3 Å². The molecule has 0 saturated carbocycles. The first kappa shape index (κ1) is 19.8. The molecule has 6 heteroatoms. The van der Waals surface area contributed by atoms with Gasteiger partial charge in [0.25, 0.3) is 0 Å². The molecule has 1 N–H and O–H groups in total. The Morgan fingerprint density at radius 3 is 2.66 bits per heavy atom. The second-order valence-corrected chi connectivity index (χ2v) is 8.72. The molecular weight excluding hydrogens is 380 g/mol. The SMILES string of the molecule is N#Cc1c(NC(=O)CN2CCN(C/C=C/c3ccccc3)CC2)sc2c1CCC2. The maximum Gasteiger partial charge on any atom is 0.239 e. The van der Waals surface area contributed by atoms with Gasteiger partial charge in [0.05, 0.1) is 12.1 Å². The van der Waals surface area contributed by atoms with Crippen molar-refractivity contribution in [1.29, 1.82) is 5.26 Å². The Kier molecular flexibility index (Phi) is 6.40. The number of thiophene rings is 1. The van der Waals surface area contributed by atoms with Gasteiger partial charge in [-0.2, -0.15) is 5.26 Å². The van der Waals surface area contributed by atoms with Gasteiger partial charge in [0.15, 0.2) is 0 Å². The lowest BCUT2D eigenvalue weighted by Crippen LogP contribution is -2.48. The van der Waals surface area contributed by atoms with Crippen LogP contribution in [0.2, 0.25) is 0 Å². The van der Waals surface area contributed by atoms with E-state index in [0.29, 0.717) is 12.1 Å². The van der Waals surface area contributed by atoms with Gasteiger partial charge in [0, 0.05) is 37.6 Å². The summed E-state index contributed by atoms with van der Waals surface area (Å²) >= 11 is 1.58. The van der Waals surface area contributed by atoms with Crippen LogP contribution in [-0.2, 0) is 17.6 Å². The Hall–Kier alpha value is -2.46. The van der Waals surface area contributed by atoms with Crippen LogP contribution in [0, 0.1) is 11.3 Å².